The average molecular weight is 199 g/mol. The third-order valence-corrected chi connectivity index (χ3v) is 2.12. The molecule has 3 nitrogen and oxygen atoms in total. The highest BCUT2D eigenvalue weighted by atomic mass is 14.9. The molecule has 0 atom stereocenters. The van der Waals surface area contributed by atoms with E-state index in [2.05, 4.69) is 10.3 Å². The molecule has 1 aromatic carbocycles. The minimum atomic E-state index is 0.554. The van der Waals surface area contributed by atoms with Gasteiger partial charge < -0.3 is 11.1 Å². The second kappa shape index (κ2) is 4.46. The third kappa shape index (κ3) is 2.71. The van der Waals surface area contributed by atoms with Crippen LogP contribution >= 0.6 is 0 Å². The van der Waals surface area contributed by atoms with Crippen LogP contribution in [-0.4, -0.2) is 4.98 Å². The maximum atomic E-state index is 5.50. The SMILES string of the molecule is Nc1ccc(CNc2ccccc2)cn1. The summed E-state index contributed by atoms with van der Waals surface area (Å²) in [4.78, 5) is 4.03. The summed E-state index contributed by atoms with van der Waals surface area (Å²) in [7, 11) is 0. The summed E-state index contributed by atoms with van der Waals surface area (Å²) in [6.45, 7) is 0.761. The van der Waals surface area contributed by atoms with Crippen LogP contribution in [-0.2, 0) is 6.54 Å². The van der Waals surface area contributed by atoms with Crippen molar-refractivity contribution >= 4 is 11.5 Å². The Morgan fingerprint density at radius 3 is 2.53 bits per heavy atom. The largest absolute Gasteiger partial charge is 0.384 e. The van der Waals surface area contributed by atoms with E-state index in [1.807, 2.05) is 42.5 Å². The van der Waals surface area contributed by atoms with Crippen LogP contribution in [0, 0.1) is 0 Å². The fraction of sp³-hybridized carbons (Fsp3) is 0.0833. The van der Waals surface area contributed by atoms with Crippen molar-refractivity contribution < 1.29 is 0 Å². The van der Waals surface area contributed by atoms with Crippen molar-refractivity contribution in [3.63, 3.8) is 0 Å². The standard InChI is InChI=1S/C12H13N3/c13-12-7-6-10(9-15-12)8-14-11-4-2-1-3-5-11/h1-7,9,14H,8H2,(H2,13,15). The van der Waals surface area contributed by atoms with Gasteiger partial charge in [0, 0.05) is 18.4 Å². The van der Waals surface area contributed by atoms with Gasteiger partial charge >= 0.3 is 0 Å². The summed E-state index contributed by atoms with van der Waals surface area (Å²) in [6.07, 6.45) is 1.78. The number of hydrogen-bond donors (Lipinski definition) is 2. The van der Waals surface area contributed by atoms with E-state index in [1.54, 1.807) is 6.20 Å². The van der Waals surface area contributed by atoms with Gasteiger partial charge in [-0.1, -0.05) is 24.3 Å². The molecule has 0 saturated carbocycles. The molecule has 1 aromatic heterocycles. The summed E-state index contributed by atoms with van der Waals surface area (Å²) in [5.74, 6) is 0.554. The van der Waals surface area contributed by atoms with Gasteiger partial charge in [0.05, 0.1) is 0 Å². The fourth-order valence-electron chi connectivity index (χ4n) is 1.30. The van der Waals surface area contributed by atoms with Gasteiger partial charge in [-0.3, -0.25) is 0 Å². The maximum Gasteiger partial charge on any atom is 0.123 e. The van der Waals surface area contributed by atoms with Crippen molar-refractivity contribution in [3.05, 3.63) is 54.2 Å². The first-order valence-electron chi connectivity index (χ1n) is 4.84. The lowest BCUT2D eigenvalue weighted by Crippen LogP contribution is -2.00. The van der Waals surface area contributed by atoms with Crippen LogP contribution in [0.1, 0.15) is 5.56 Å². The van der Waals surface area contributed by atoms with Gasteiger partial charge in [-0.25, -0.2) is 4.98 Å². The molecule has 0 aliphatic rings. The average Bonchev–Trinajstić information content (AvgIpc) is 2.30. The van der Waals surface area contributed by atoms with Crippen LogP contribution in [0.3, 0.4) is 0 Å². The van der Waals surface area contributed by atoms with E-state index in [0.717, 1.165) is 17.8 Å². The molecule has 0 saturated heterocycles. The molecule has 0 amide bonds. The van der Waals surface area contributed by atoms with Crippen molar-refractivity contribution in [2.75, 3.05) is 11.1 Å². The second-order valence-corrected chi connectivity index (χ2v) is 3.31. The molecule has 15 heavy (non-hydrogen) atoms. The topological polar surface area (TPSA) is 50.9 Å². The van der Waals surface area contributed by atoms with Crippen LogP contribution in [0.5, 0.6) is 0 Å². The molecule has 76 valence electrons. The van der Waals surface area contributed by atoms with Crippen LogP contribution in [0.15, 0.2) is 48.7 Å². The molecule has 3 heteroatoms. The second-order valence-electron chi connectivity index (χ2n) is 3.31. The quantitative estimate of drug-likeness (QED) is 0.797. The Morgan fingerprint density at radius 2 is 1.87 bits per heavy atom. The van der Waals surface area contributed by atoms with E-state index in [9.17, 15) is 0 Å². The predicted molar refractivity (Wildman–Crippen MR) is 62.4 cm³/mol. The number of rotatable bonds is 3. The van der Waals surface area contributed by atoms with Crippen LogP contribution in [0.2, 0.25) is 0 Å². The molecule has 0 unspecified atom stereocenters. The number of aromatic nitrogens is 1. The van der Waals surface area contributed by atoms with Crippen LogP contribution < -0.4 is 11.1 Å². The molecule has 0 aliphatic heterocycles. The molecule has 0 bridgehead atoms. The van der Waals surface area contributed by atoms with Gasteiger partial charge in [-0.2, -0.15) is 0 Å². The molecule has 1 heterocycles. The van der Waals surface area contributed by atoms with E-state index >= 15 is 0 Å². The Bertz CT molecular complexity index is 409. The molecule has 0 aliphatic carbocycles. The Hall–Kier alpha value is -2.03. The number of para-hydroxylation sites is 1. The summed E-state index contributed by atoms with van der Waals surface area (Å²) in [6, 6.07) is 13.8. The Labute approximate surface area is 89.0 Å². The number of nitrogens with zero attached hydrogens (tertiary/aromatic N) is 1. The van der Waals surface area contributed by atoms with Crippen LogP contribution in [0.25, 0.3) is 0 Å². The Morgan fingerprint density at radius 1 is 1.07 bits per heavy atom. The van der Waals surface area contributed by atoms with Gasteiger partial charge in [0.25, 0.3) is 0 Å². The lowest BCUT2D eigenvalue weighted by Gasteiger charge is -2.05. The number of nitrogen functional groups attached to an aromatic ring is 1. The van der Waals surface area contributed by atoms with Crippen LogP contribution in [0.4, 0.5) is 11.5 Å². The zero-order chi connectivity index (χ0) is 10.5. The number of anilines is 2. The number of benzene rings is 1. The first kappa shape index (κ1) is 9.52. The first-order valence-corrected chi connectivity index (χ1v) is 4.84. The minimum absolute atomic E-state index is 0.554. The molecule has 2 rings (SSSR count). The summed E-state index contributed by atoms with van der Waals surface area (Å²) < 4.78 is 0. The van der Waals surface area contributed by atoms with E-state index in [4.69, 9.17) is 5.73 Å². The first-order chi connectivity index (χ1) is 7.34. The third-order valence-electron chi connectivity index (χ3n) is 2.12. The number of hydrogen-bond acceptors (Lipinski definition) is 3. The van der Waals surface area contributed by atoms with Gasteiger partial charge in [-0.05, 0) is 23.8 Å². The maximum absolute atomic E-state index is 5.50. The summed E-state index contributed by atoms with van der Waals surface area (Å²) in [5, 5.41) is 3.30. The number of nitrogens with one attached hydrogen (secondary N) is 1. The normalized spacial score (nSPS) is 9.87. The molecule has 0 radical (unpaired) electrons. The zero-order valence-corrected chi connectivity index (χ0v) is 8.35. The Balaban J connectivity index is 1.96. The molecular weight excluding hydrogens is 186 g/mol. The smallest absolute Gasteiger partial charge is 0.123 e. The van der Waals surface area contributed by atoms with E-state index in [0.29, 0.717) is 5.82 Å². The summed E-state index contributed by atoms with van der Waals surface area (Å²) >= 11 is 0. The molecule has 0 fully saturated rings. The van der Waals surface area contributed by atoms with E-state index in [1.165, 1.54) is 0 Å². The van der Waals surface area contributed by atoms with Crippen molar-refractivity contribution in [1.82, 2.24) is 4.98 Å². The van der Waals surface area contributed by atoms with Gasteiger partial charge in [0.15, 0.2) is 0 Å². The van der Waals surface area contributed by atoms with Gasteiger partial charge in [0.1, 0.15) is 5.82 Å². The highest BCUT2D eigenvalue weighted by Gasteiger charge is 1.93. The molecule has 0 spiro atoms. The number of nitrogens with two attached hydrogens (primary N) is 1. The minimum Gasteiger partial charge on any atom is -0.384 e. The molecular formula is C12H13N3. The van der Waals surface area contributed by atoms with Crippen molar-refractivity contribution in [1.29, 1.82) is 0 Å². The van der Waals surface area contributed by atoms with Crippen molar-refractivity contribution in [2.45, 2.75) is 6.54 Å². The Kier molecular flexibility index (Phi) is 2.83. The highest BCUT2D eigenvalue weighted by molar-refractivity contribution is 5.43. The number of pyridine rings is 1. The monoisotopic (exact) mass is 199 g/mol. The van der Waals surface area contributed by atoms with E-state index < -0.39 is 0 Å². The zero-order valence-electron chi connectivity index (χ0n) is 8.35. The fourth-order valence-corrected chi connectivity index (χ4v) is 1.30. The molecule has 2 aromatic rings. The van der Waals surface area contributed by atoms with Crippen molar-refractivity contribution in [3.8, 4) is 0 Å². The lowest BCUT2D eigenvalue weighted by molar-refractivity contribution is 1.12. The van der Waals surface area contributed by atoms with Gasteiger partial charge in [-0.15, -0.1) is 0 Å². The predicted octanol–water partition coefficient (Wildman–Crippen LogP) is 2.28. The lowest BCUT2D eigenvalue weighted by atomic mass is 10.2. The van der Waals surface area contributed by atoms with Crippen molar-refractivity contribution in [2.24, 2.45) is 0 Å². The highest BCUT2D eigenvalue weighted by Crippen LogP contribution is 2.08. The van der Waals surface area contributed by atoms with E-state index in [-0.39, 0.29) is 0 Å². The molecule has 3 N–H and O–H groups in total. The summed E-state index contributed by atoms with van der Waals surface area (Å²) in [5.41, 5.74) is 7.73. The van der Waals surface area contributed by atoms with Gasteiger partial charge in [0.2, 0.25) is 0 Å².